The highest BCUT2D eigenvalue weighted by Gasteiger charge is 2.31. The average molecular weight is 209 g/mol. The lowest BCUT2D eigenvalue weighted by Gasteiger charge is -2.15. The number of aliphatic carboxylic acids is 1. The molecule has 1 unspecified atom stereocenters. The van der Waals surface area contributed by atoms with Crippen LogP contribution in [-0.4, -0.2) is 44.6 Å². The summed E-state index contributed by atoms with van der Waals surface area (Å²) >= 11 is 0. The Morgan fingerprint density at radius 1 is 1.47 bits per heavy atom. The van der Waals surface area contributed by atoms with Crippen molar-refractivity contribution in [3.8, 4) is 0 Å². The maximum Gasteiger partial charge on any atom is 0.329 e. The summed E-state index contributed by atoms with van der Waals surface area (Å²) in [5, 5.41) is 8.79. The number of likely N-dealkylation sites (tertiary alicyclic amines) is 1. The largest absolute Gasteiger partial charge is 0.481 e. The molecule has 1 aliphatic rings. The minimum atomic E-state index is -0.837. The van der Waals surface area contributed by atoms with Crippen molar-refractivity contribution in [3.63, 3.8) is 0 Å². The molecule has 1 atom stereocenters. The molecule has 1 aromatic rings. The van der Waals surface area contributed by atoms with Gasteiger partial charge < -0.3 is 10.0 Å². The van der Waals surface area contributed by atoms with Crippen molar-refractivity contribution in [3.05, 3.63) is 18.7 Å². The molecular weight excluding hydrogens is 198 g/mol. The van der Waals surface area contributed by atoms with E-state index in [0.717, 1.165) is 0 Å². The normalized spacial score (nSPS) is 20.5. The Hall–Kier alpha value is -1.85. The fraction of sp³-hybridized carbons (Fsp3) is 0.444. The van der Waals surface area contributed by atoms with Gasteiger partial charge >= 0.3 is 12.0 Å². The molecule has 6 heteroatoms. The number of rotatable bonds is 1. The third-order valence-corrected chi connectivity index (χ3v) is 2.53. The van der Waals surface area contributed by atoms with Crippen molar-refractivity contribution in [2.75, 3.05) is 13.1 Å². The SMILES string of the molecule is O=C(O)C1CCN(C(=O)n2ccnc2)C1. The van der Waals surface area contributed by atoms with Gasteiger partial charge in [0.1, 0.15) is 6.33 Å². The highest BCUT2D eigenvalue weighted by molar-refractivity contribution is 5.79. The van der Waals surface area contributed by atoms with E-state index in [1.54, 1.807) is 6.20 Å². The molecule has 0 spiro atoms. The molecule has 1 amide bonds. The second kappa shape index (κ2) is 3.72. The Morgan fingerprint density at radius 2 is 2.27 bits per heavy atom. The minimum Gasteiger partial charge on any atom is -0.481 e. The Labute approximate surface area is 86.1 Å². The van der Waals surface area contributed by atoms with Crippen LogP contribution in [0.3, 0.4) is 0 Å². The van der Waals surface area contributed by atoms with Crippen LogP contribution in [0, 0.1) is 5.92 Å². The fourth-order valence-corrected chi connectivity index (χ4v) is 1.67. The summed E-state index contributed by atoms with van der Waals surface area (Å²) < 4.78 is 1.35. The van der Waals surface area contributed by atoms with E-state index in [-0.39, 0.29) is 12.6 Å². The van der Waals surface area contributed by atoms with Crippen LogP contribution in [0.5, 0.6) is 0 Å². The smallest absolute Gasteiger partial charge is 0.329 e. The first-order valence-corrected chi connectivity index (χ1v) is 4.68. The van der Waals surface area contributed by atoms with Crippen molar-refractivity contribution in [1.29, 1.82) is 0 Å². The molecule has 80 valence electrons. The Morgan fingerprint density at radius 3 is 2.80 bits per heavy atom. The summed E-state index contributed by atoms with van der Waals surface area (Å²) in [6.45, 7) is 0.778. The van der Waals surface area contributed by atoms with Gasteiger partial charge in [-0.2, -0.15) is 0 Å². The van der Waals surface area contributed by atoms with Crippen molar-refractivity contribution < 1.29 is 14.7 Å². The van der Waals surface area contributed by atoms with Crippen LogP contribution < -0.4 is 0 Å². The molecule has 2 heterocycles. The molecule has 0 aliphatic carbocycles. The van der Waals surface area contributed by atoms with Crippen LogP contribution in [0.1, 0.15) is 6.42 Å². The highest BCUT2D eigenvalue weighted by atomic mass is 16.4. The van der Waals surface area contributed by atoms with Crippen LogP contribution in [0.2, 0.25) is 0 Å². The molecular formula is C9H11N3O3. The number of hydrogen-bond donors (Lipinski definition) is 1. The van der Waals surface area contributed by atoms with Crippen LogP contribution in [0.4, 0.5) is 4.79 Å². The van der Waals surface area contributed by atoms with Crippen LogP contribution >= 0.6 is 0 Å². The third-order valence-electron chi connectivity index (χ3n) is 2.53. The minimum absolute atomic E-state index is 0.212. The van der Waals surface area contributed by atoms with Crippen LogP contribution in [0.25, 0.3) is 0 Å². The van der Waals surface area contributed by atoms with Gasteiger partial charge in [0.25, 0.3) is 0 Å². The number of carboxylic acid groups (broad SMARTS) is 1. The third kappa shape index (κ3) is 1.83. The van der Waals surface area contributed by atoms with Gasteiger partial charge in [-0.3, -0.25) is 9.36 Å². The van der Waals surface area contributed by atoms with Crippen molar-refractivity contribution in [1.82, 2.24) is 14.5 Å². The first-order chi connectivity index (χ1) is 7.18. The van der Waals surface area contributed by atoms with Crippen molar-refractivity contribution in [2.45, 2.75) is 6.42 Å². The number of carboxylic acids is 1. The van der Waals surface area contributed by atoms with E-state index in [1.165, 1.54) is 22.0 Å². The molecule has 0 bridgehead atoms. The second-order valence-corrected chi connectivity index (χ2v) is 3.52. The number of hydrogen-bond acceptors (Lipinski definition) is 3. The van der Waals surface area contributed by atoms with Crippen LogP contribution in [0.15, 0.2) is 18.7 Å². The van der Waals surface area contributed by atoms with Gasteiger partial charge in [-0.1, -0.05) is 0 Å². The lowest BCUT2D eigenvalue weighted by Crippen LogP contribution is -2.32. The lowest BCUT2D eigenvalue weighted by atomic mass is 10.1. The van der Waals surface area contributed by atoms with Gasteiger partial charge in [0.05, 0.1) is 5.92 Å². The van der Waals surface area contributed by atoms with Gasteiger partial charge in [0, 0.05) is 25.5 Å². The topological polar surface area (TPSA) is 75.4 Å². The molecule has 1 aromatic heterocycles. The number of imidazole rings is 1. The summed E-state index contributed by atoms with van der Waals surface area (Å²) in [6, 6.07) is -0.212. The second-order valence-electron chi connectivity index (χ2n) is 3.52. The van der Waals surface area contributed by atoms with E-state index < -0.39 is 11.9 Å². The summed E-state index contributed by atoms with van der Waals surface area (Å²) in [5.74, 6) is -1.27. The lowest BCUT2D eigenvalue weighted by molar-refractivity contribution is -0.141. The first-order valence-electron chi connectivity index (χ1n) is 4.68. The van der Waals surface area contributed by atoms with E-state index >= 15 is 0 Å². The van der Waals surface area contributed by atoms with E-state index in [2.05, 4.69) is 4.98 Å². The zero-order valence-electron chi connectivity index (χ0n) is 8.04. The van der Waals surface area contributed by atoms with Crippen LogP contribution in [-0.2, 0) is 4.79 Å². The predicted octanol–water partition coefficient (Wildman–Crippen LogP) is 0.258. The van der Waals surface area contributed by atoms with Gasteiger partial charge in [-0.05, 0) is 6.42 Å². The highest BCUT2D eigenvalue weighted by Crippen LogP contribution is 2.17. The molecule has 0 aromatic carbocycles. The molecule has 1 fully saturated rings. The summed E-state index contributed by atoms with van der Waals surface area (Å²) in [4.78, 5) is 27.7. The summed E-state index contributed by atoms with van der Waals surface area (Å²) in [6.07, 6.45) is 5.01. The fourth-order valence-electron chi connectivity index (χ4n) is 1.67. The number of nitrogens with zero attached hydrogens (tertiary/aromatic N) is 3. The Kier molecular flexibility index (Phi) is 2.40. The monoisotopic (exact) mass is 209 g/mol. The molecule has 1 N–H and O–H groups in total. The molecule has 6 nitrogen and oxygen atoms in total. The van der Waals surface area contributed by atoms with Gasteiger partial charge in [-0.25, -0.2) is 9.78 Å². The zero-order chi connectivity index (χ0) is 10.8. The number of carbonyl (C=O) groups is 2. The summed E-state index contributed by atoms with van der Waals surface area (Å²) in [7, 11) is 0. The number of carbonyl (C=O) groups excluding carboxylic acids is 1. The van der Waals surface area contributed by atoms with Gasteiger partial charge in [0.2, 0.25) is 0 Å². The molecule has 1 aliphatic heterocycles. The molecule has 2 rings (SSSR count). The van der Waals surface area contributed by atoms with Gasteiger partial charge in [-0.15, -0.1) is 0 Å². The molecule has 0 radical (unpaired) electrons. The quantitative estimate of drug-likeness (QED) is 0.719. The van der Waals surface area contributed by atoms with E-state index in [1.807, 2.05) is 0 Å². The standard InChI is InChI=1S/C9H11N3O3/c13-8(14)7-1-3-11(5-7)9(15)12-4-2-10-6-12/h2,4,6-7H,1,3,5H2,(H,13,14). The van der Waals surface area contributed by atoms with Crippen molar-refractivity contribution >= 4 is 12.0 Å². The predicted molar refractivity (Wildman–Crippen MR) is 50.3 cm³/mol. The molecule has 0 saturated carbocycles. The Bertz CT molecular complexity index is 374. The Balaban J connectivity index is 2.02. The number of aromatic nitrogens is 2. The van der Waals surface area contributed by atoms with E-state index in [4.69, 9.17) is 5.11 Å². The average Bonchev–Trinajstić information content (AvgIpc) is 2.88. The zero-order valence-corrected chi connectivity index (χ0v) is 8.04. The molecule has 1 saturated heterocycles. The van der Waals surface area contributed by atoms with Crippen molar-refractivity contribution in [2.24, 2.45) is 5.92 Å². The van der Waals surface area contributed by atoms with Gasteiger partial charge in [0.15, 0.2) is 0 Å². The maximum atomic E-state index is 11.7. The molecule has 15 heavy (non-hydrogen) atoms. The first kappa shape index (κ1) is 9.70. The number of amides is 1. The van der Waals surface area contributed by atoms with E-state index in [0.29, 0.717) is 13.0 Å². The maximum absolute atomic E-state index is 11.7. The summed E-state index contributed by atoms with van der Waals surface area (Å²) in [5.41, 5.74) is 0. The van der Waals surface area contributed by atoms with E-state index in [9.17, 15) is 9.59 Å².